The van der Waals surface area contributed by atoms with Crippen molar-refractivity contribution in [2.24, 2.45) is 5.73 Å². The van der Waals surface area contributed by atoms with Gasteiger partial charge < -0.3 is 16.2 Å². The van der Waals surface area contributed by atoms with E-state index in [4.69, 9.17) is 5.73 Å². The molecule has 3 aromatic rings. The normalized spacial score (nSPS) is 10.7. The Morgan fingerprint density at radius 2 is 1.75 bits per heavy atom. The van der Waals surface area contributed by atoms with Gasteiger partial charge in [-0.2, -0.15) is 0 Å². The Labute approximate surface area is 138 Å². The summed E-state index contributed by atoms with van der Waals surface area (Å²) in [6, 6.07) is 15.9. The number of hydrogen-bond donors (Lipinski definition) is 3. The lowest BCUT2D eigenvalue weighted by Crippen LogP contribution is -2.35. The molecule has 2 aromatic carbocycles. The number of benzene rings is 2. The lowest BCUT2D eigenvalue weighted by Gasteiger charge is -2.15. The molecule has 6 nitrogen and oxygen atoms in total. The minimum atomic E-state index is -0.640. The minimum Gasteiger partial charge on any atom is -0.506 e. The van der Waals surface area contributed by atoms with Crippen LogP contribution in [0.3, 0.4) is 0 Å². The Bertz CT molecular complexity index is 949. The molecule has 1 heterocycles. The van der Waals surface area contributed by atoms with E-state index in [0.29, 0.717) is 16.6 Å². The van der Waals surface area contributed by atoms with Crippen LogP contribution >= 0.6 is 0 Å². The Morgan fingerprint density at radius 1 is 1.08 bits per heavy atom. The summed E-state index contributed by atoms with van der Waals surface area (Å²) < 4.78 is 1.42. The van der Waals surface area contributed by atoms with Gasteiger partial charge in [0.1, 0.15) is 11.3 Å². The Kier molecular flexibility index (Phi) is 4.31. The van der Waals surface area contributed by atoms with Crippen molar-refractivity contribution in [3.63, 3.8) is 0 Å². The number of carbonyl (C=O) groups is 1. The molecule has 0 fully saturated rings. The molecule has 0 saturated carbocycles. The average molecular weight is 323 g/mol. The number of fused-ring (bicyclic) bond motifs is 1. The van der Waals surface area contributed by atoms with Crippen LogP contribution in [0.15, 0.2) is 59.4 Å². The zero-order valence-electron chi connectivity index (χ0n) is 12.9. The molecule has 0 radical (unpaired) electrons. The van der Waals surface area contributed by atoms with Crippen molar-refractivity contribution >= 4 is 16.8 Å². The SMILES string of the molecule is NCCNC(=O)c1c(O)c2ccccc2n(-c2ccccc2)c1=O. The molecule has 0 spiro atoms. The largest absolute Gasteiger partial charge is 0.506 e. The number of rotatable bonds is 4. The average Bonchev–Trinajstić information content (AvgIpc) is 2.61. The monoisotopic (exact) mass is 323 g/mol. The summed E-state index contributed by atoms with van der Waals surface area (Å²) in [5, 5.41) is 13.4. The zero-order valence-corrected chi connectivity index (χ0v) is 12.9. The van der Waals surface area contributed by atoms with Crippen molar-refractivity contribution < 1.29 is 9.90 Å². The Hall–Kier alpha value is -3.12. The Balaban J connectivity index is 2.35. The third-order valence-corrected chi connectivity index (χ3v) is 3.73. The molecule has 0 unspecified atom stereocenters. The van der Waals surface area contributed by atoms with Crippen LogP contribution in [0.4, 0.5) is 0 Å². The molecule has 0 aliphatic heterocycles. The van der Waals surface area contributed by atoms with E-state index in [0.717, 1.165) is 0 Å². The molecule has 0 bridgehead atoms. The van der Waals surface area contributed by atoms with E-state index in [1.54, 1.807) is 48.5 Å². The quantitative estimate of drug-likeness (QED) is 0.676. The van der Waals surface area contributed by atoms with Crippen LogP contribution in [0.2, 0.25) is 0 Å². The molecule has 6 heteroatoms. The molecule has 0 atom stereocenters. The summed E-state index contributed by atoms with van der Waals surface area (Å²) >= 11 is 0. The van der Waals surface area contributed by atoms with E-state index in [1.807, 2.05) is 6.07 Å². The fourth-order valence-electron chi connectivity index (χ4n) is 2.64. The van der Waals surface area contributed by atoms with Gasteiger partial charge in [0.05, 0.1) is 5.52 Å². The standard InChI is InChI=1S/C18H17N3O3/c19-10-11-20-17(23)15-16(22)13-8-4-5-9-14(13)21(18(15)24)12-6-2-1-3-7-12/h1-9,22H,10-11,19H2,(H,20,23). The molecule has 4 N–H and O–H groups in total. The highest BCUT2D eigenvalue weighted by Gasteiger charge is 2.22. The predicted molar refractivity (Wildman–Crippen MR) is 92.6 cm³/mol. The predicted octanol–water partition coefficient (Wildman–Crippen LogP) is 1.38. The molecule has 24 heavy (non-hydrogen) atoms. The zero-order chi connectivity index (χ0) is 17.1. The third-order valence-electron chi connectivity index (χ3n) is 3.73. The summed E-state index contributed by atoms with van der Waals surface area (Å²) in [7, 11) is 0. The van der Waals surface area contributed by atoms with Crippen molar-refractivity contribution in [3.8, 4) is 11.4 Å². The van der Waals surface area contributed by atoms with Gasteiger partial charge >= 0.3 is 0 Å². The van der Waals surface area contributed by atoms with Crippen LogP contribution in [-0.4, -0.2) is 28.7 Å². The second-order valence-electron chi connectivity index (χ2n) is 5.26. The van der Waals surface area contributed by atoms with E-state index in [-0.39, 0.29) is 24.4 Å². The summed E-state index contributed by atoms with van der Waals surface area (Å²) in [4.78, 5) is 25.3. The number of nitrogens with zero attached hydrogens (tertiary/aromatic N) is 1. The van der Waals surface area contributed by atoms with Crippen molar-refractivity contribution in [2.45, 2.75) is 0 Å². The first-order valence-electron chi connectivity index (χ1n) is 7.55. The van der Waals surface area contributed by atoms with Gasteiger partial charge in [-0.15, -0.1) is 0 Å². The Morgan fingerprint density at radius 3 is 2.46 bits per heavy atom. The summed E-state index contributed by atoms with van der Waals surface area (Å²) in [6.07, 6.45) is 0. The highest BCUT2D eigenvalue weighted by molar-refractivity contribution is 6.02. The van der Waals surface area contributed by atoms with E-state index < -0.39 is 11.5 Å². The van der Waals surface area contributed by atoms with Crippen molar-refractivity contribution in [3.05, 3.63) is 70.5 Å². The van der Waals surface area contributed by atoms with Gasteiger partial charge in [0.25, 0.3) is 11.5 Å². The van der Waals surface area contributed by atoms with Crippen LogP contribution in [0.5, 0.6) is 5.75 Å². The number of nitrogens with one attached hydrogen (secondary N) is 1. The van der Waals surface area contributed by atoms with Crippen molar-refractivity contribution in [1.82, 2.24) is 9.88 Å². The van der Waals surface area contributed by atoms with Gasteiger partial charge in [-0.3, -0.25) is 14.2 Å². The maximum absolute atomic E-state index is 12.9. The molecule has 1 aromatic heterocycles. The van der Waals surface area contributed by atoms with Gasteiger partial charge in [-0.25, -0.2) is 0 Å². The maximum atomic E-state index is 12.9. The number of amides is 1. The number of para-hydroxylation sites is 2. The van der Waals surface area contributed by atoms with E-state index in [9.17, 15) is 14.7 Å². The fraction of sp³-hybridized carbons (Fsp3) is 0.111. The topological polar surface area (TPSA) is 97.3 Å². The third kappa shape index (κ3) is 2.63. The minimum absolute atomic E-state index is 0.218. The van der Waals surface area contributed by atoms with Gasteiger partial charge in [0.2, 0.25) is 0 Å². The highest BCUT2D eigenvalue weighted by atomic mass is 16.3. The van der Waals surface area contributed by atoms with Crippen molar-refractivity contribution in [2.75, 3.05) is 13.1 Å². The highest BCUT2D eigenvalue weighted by Crippen LogP contribution is 2.27. The number of aromatic hydroxyl groups is 1. The molecule has 0 saturated heterocycles. The van der Waals surface area contributed by atoms with E-state index in [1.165, 1.54) is 4.57 Å². The van der Waals surface area contributed by atoms with Gasteiger partial charge in [-0.05, 0) is 24.3 Å². The van der Waals surface area contributed by atoms with Crippen LogP contribution in [0, 0.1) is 0 Å². The van der Waals surface area contributed by atoms with Crippen LogP contribution in [0.1, 0.15) is 10.4 Å². The van der Waals surface area contributed by atoms with Gasteiger partial charge in [0, 0.05) is 24.2 Å². The smallest absolute Gasteiger partial charge is 0.272 e. The molecule has 3 rings (SSSR count). The molecule has 0 aliphatic rings. The summed E-state index contributed by atoms with van der Waals surface area (Å²) in [6.45, 7) is 0.461. The van der Waals surface area contributed by atoms with Crippen LogP contribution in [-0.2, 0) is 0 Å². The first kappa shape index (κ1) is 15.8. The molecule has 0 aliphatic carbocycles. The molecule has 122 valence electrons. The number of aromatic nitrogens is 1. The van der Waals surface area contributed by atoms with Crippen LogP contribution < -0.4 is 16.6 Å². The molecule has 1 amide bonds. The van der Waals surface area contributed by atoms with E-state index in [2.05, 4.69) is 5.32 Å². The fourth-order valence-corrected chi connectivity index (χ4v) is 2.64. The lowest BCUT2D eigenvalue weighted by molar-refractivity contribution is 0.0950. The first-order chi connectivity index (χ1) is 11.6. The molecular weight excluding hydrogens is 306 g/mol. The number of carbonyl (C=O) groups excluding carboxylic acids is 1. The lowest BCUT2D eigenvalue weighted by atomic mass is 10.1. The number of pyridine rings is 1. The van der Waals surface area contributed by atoms with Gasteiger partial charge in [-0.1, -0.05) is 30.3 Å². The summed E-state index contributed by atoms with van der Waals surface area (Å²) in [5.74, 6) is -0.962. The van der Waals surface area contributed by atoms with E-state index >= 15 is 0 Å². The number of nitrogens with two attached hydrogens (primary N) is 1. The maximum Gasteiger partial charge on any atom is 0.272 e. The first-order valence-corrected chi connectivity index (χ1v) is 7.55. The summed E-state index contributed by atoms with van der Waals surface area (Å²) in [5.41, 5.74) is 5.67. The van der Waals surface area contributed by atoms with Crippen molar-refractivity contribution in [1.29, 1.82) is 0 Å². The molecular formula is C18H17N3O3. The second kappa shape index (κ2) is 6.55. The van der Waals surface area contributed by atoms with Gasteiger partial charge in [0.15, 0.2) is 0 Å². The number of hydrogen-bond acceptors (Lipinski definition) is 4. The second-order valence-corrected chi connectivity index (χ2v) is 5.26. The van der Waals surface area contributed by atoms with Crippen LogP contribution in [0.25, 0.3) is 16.6 Å².